The molecule has 2 N–H and O–H groups in total. The van der Waals surface area contributed by atoms with Crippen LogP contribution < -0.4 is 10.1 Å². The van der Waals surface area contributed by atoms with Gasteiger partial charge in [-0.05, 0) is 77.2 Å². The van der Waals surface area contributed by atoms with E-state index < -0.39 is 6.10 Å². The van der Waals surface area contributed by atoms with Crippen molar-refractivity contribution in [1.82, 2.24) is 4.98 Å². The summed E-state index contributed by atoms with van der Waals surface area (Å²) in [6.45, 7) is 0.239. The second-order valence-electron chi connectivity index (χ2n) is 7.82. The molecule has 5 heteroatoms. The van der Waals surface area contributed by atoms with Crippen LogP contribution in [0.5, 0.6) is 5.75 Å². The first-order chi connectivity index (χ1) is 16.2. The fourth-order valence-electron chi connectivity index (χ4n) is 3.47. The average molecular weight is 439 g/mol. The standard InChI is InChI=1S/C28H26N2O3/c31-26(13-9-22-5-4-16-29-19-22)20-33-27-14-12-23-17-21(8-11-24(23)18-27)10-15-28(32)30-25-6-2-1-3-7-25/h1-8,10-12,14-19,26,31H,9,13,20H2,(H,30,32). The summed E-state index contributed by atoms with van der Waals surface area (Å²) in [7, 11) is 0. The van der Waals surface area contributed by atoms with Crippen molar-refractivity contribution in [2.75, 3.05) is 11.9 Å². The zero-order valence-corrected chi connectivity index (χ0v) is 18.2. The summed E-state index contributed by atoms with van der Waals surface area (Å²) in [6, 6.07) is 25.1. The number of rotatable bonds is 9. The van der Waals surface area contributed by atoms with E-state index in [1.807, 2.05) is 85.1 Å². The Morgan fingerprint density at radius 3 is 2.64 bits per heavy atom. The molecule has 1 amide bonds. The minimum atomic E-state index is -0.546. The zero-order valence-electron chi connectivity index (χ0n) is 18.2. The third kappa shape index (κ3) is 6.76. The molecule has 0 aliphatic rings. The summed E-state index contributed by atoms with van der Waals surface area (Å²) in [5.41, 5.74) is 2.80. The fourth-order valence-corrected chi connectivity index (χ4v) is 3.47. The highest BCUT2D eigenvalue weighted by Crippen LogP contribution is 2.23. The molecule has 4 aromatic rings. The molecule has 0 bridgehead atoms. The first-order valence-electron chi connectivity index (χ1n) is 10.9. The Bertz CT molecular complexity index is 1220. The summed E-state index contributed by atoms with van der Waals surface area (Å²) in [6.07, 6.45) is 7.71. The molecule has 1 aromatic heterocycles. The third-order valence-electron chi connectivity index (χ3n) is 5.24. The highest BCUT2D eigenvalue weighted by molar-refractivity contribution is 6.02. The van der Waals surface area contributed by atoms with Crippen LogP contribution in [0.15, 0.2) is 97.3 Å². The van der Waals surface area contributed by atoms with E-state index in [0.29, 0.717) is 12.2 Å². The predicted molar refractivity (Wildman–Crippen MR) is 132 cm³/mol. The Morgan fingerprint density at radius 1 is 1.00 bits per heavy atom. The molecule has 1 unspecified atom stereocenters. The van der Waals surface area contributed by atoms with Gasteiger partial charge >= 0.3 is 0 Å². The van der Waals surface area contributed by atoms with E-state index in [1.165, 1.54) is 6.08 Å². The Balaban J connectivity index is 1.31. The number of hydrogen-bond acceptors (Lipinski definition) is 4. The number of anilines is 1. The monoisotopic (exact) mass is 438 g/mol. The quantitative estimate of drug-likeness (QED) is 0.350. The van der Waals surface area contributed by atoms with Gasteiger partial charge in [0, 0.05) is 24.2 Å². The van der Waals surface area contributed by atoms with Crippen LogP contribution in [0.1, 0.15) is 17.5 Å². The van der Waals surface area contributed by atoms with Crippen LogP contribution >= 0.6 is 0 Å². The Labute approximate surface area is 193 Å². The molecule has 5 nitrogen and oxygen atoms in total. The van der Waals surface area contributed by atoms with Crippen molar-refractivity contribution in [3.63, 3.8) is 0 Å². The van der Waals surface area contributed by atoms with Crippen molar-refractivity contribution in [3.05, 3.63) is 108 Å². The molecule has 0 spiro atoms. The number of benzene rings is 3. The van der Waals surface area contributed by atoms with Gasteiger partial charge in [0.1, 0.15) is 12.4 Å². The number of ether oxygens (including phenoxy) is 1. The lowest BCUT2D eigenvalue weighted by Crippen LogP contribution is -2.18. The largest absolute Gasteiger partial charge is 0.491 e. The minimum absolute atomic E-state index is 0.174. The Morgan fingerprint density at radius 2 is 1.82 bits per heavy atom. The molecule has 4 rings (SSSR count). The molecule has 0 aliphatic carbocycles. The maximum Gasteiger partial charge on any atom is 0.248 e. The molecule has 3 aromatic carbocycles. The van der Waals surface area contributed by atoms with Crippen molar-refractivity contribution in [1.29, 1.82) is 0 Å². The molecule has 33 heavy (non-hydrogen) atoms. The molecule has 1 atom stereocenters. The van der Waals surface area contributed by atoms with Gasteiger partial charge in [-0.25, -0.2) is 0 Å². The van der Waals surface area contributed by atoms with E-state index in [1.54, 1.807) is 12.3 Å². The van der Waals surface area contributed by atoms with Gasteiger partial charge in [-0.3, -0.25) is 9.78 Å². The lowest BCUT2D eigenvalue weighted by Gasteiger charge is -2.13. The van der Waals surface area contributed by atoms with Crippen LogP contribution in [0.25, 0.3) is 16.8 Å². The topological polar surface area (TPSA) is 71.5 Å². The second kappa shape index (κ2) is 11.1. The maximum absolute atomic E-state index is 12.1. The summed E-state index contributed by atoms with van der Waals surface area (Å²) in [5.74, 6) is 0.542. The van der Waals surface area contributed by atoms with Crippen LogP contribution in [0, 0.1) is 0 Å². The van der Waals surface area contributed by atoms with E-state index in [2.05, 4.69) is 10.3 Å². The first-order valence-corrected chi connectivity index (χ1v) is 10.9. The van der Waals surface area contributed by atoms with Gasteiger partial charge in [0.2, 0.25) is 5.91 Å². The number of hydrogen-bond donors (Lipinski definition) is 2. The zero-order chi connectivity index (χ0) is 22.9. The van der Waals surface area contributed by atoms with Crippen LogP contribution in [-0.4, -0.2) is 28.7 Å². The van der Waals surface area contributed by atoms with E-state index >= 15 is 0 Å². The van der Waals surface area contributed by atoms with E-state index in [9.17, 15) is 9.90 Å². The van der Waals surface area contributed by atoms with E-state index in [4.69, 9.17) is 4.74 Å². The highest BCUT2D eigenvalue weighted by atomic mass is 16.5. The van der Waals surface area contributed by atoms with Crippen molar-refractivity contribution in [3.8, 4) is 5.75 Å². The van der Waals surface area contributed by atoms with Gasteiger partial charge in [0.25, 0.3) is 0 Å². The number of aromatic nitrogens is 1. The SMILES string of the molecule is O=C(C=Cc1ccc2cc(OCC(O)CCc3cccnc3)ccc2c1)Nc1ccccc1. The molecule has 1 heterocycles. The van der Waals surface area contributed by atoms with Gasteiger partial charge in [0.05, 0.1) is 6.10 Å². The van der Waals surface area contributed by atoms with Gasteiger partial charge in [0.15, 0.2) is 0 Å². The van der Waals surface area contributed by atoms with Crippen molar-refractivity contribution in [2.24, 2.45) is 0 Å². The summed E-state index contributed by atoms with van der Waals surface area (Å²) >= 11 is 0. The molecule has 0 fully saturated rings. The summed E-state index contributed by atoms with van der Waals surface area (Å²) in [4.78, 5) is 16.2. The molecule has 166 valence electrons. The van der Waals surface area contributed by atoms with Crippen molar-refractivity contribution >= 4 is 28.4 Å². The molecule has 0 saturated heterocycles. The molecule has 0 radical (unpaired) electrons. The van der Waals surface area contributed by atoms with Crippen molar-refractivity contribution in [2.45, 2.75) is 18.9 Å². The van der Waals surface area contributed by atoms with Crippen LogP contribution in [0.4, 0.5) is 5.69 Å². The smallest absolute Gasteiger partial charge is 0.248 e. The van der Waals surface area contributed by atoms with Gasteiger partial charge in [-0.15, -0.1) is 0 Å². The average Bonchev–Trinajstić information content (AvgIpc) is 2.86. The number of aryl methyl sites for hydroxylation is 1. The van der Waals surface area contributed by atoms with Crippen LogP contribution in [0.3, 0.4) is 0 Å². The number of aliphatic hydroxyl groups excluding tert-OH is 1. The number of para-hydroxylation sites is 1. The van der Waals surface area contributed by atoms with Crippen LogP contribution in [-0.2, 0) is 11.2 Å². The fraction of sp³-hybridized carbons (Fsp3) is 0.143. The number of carbonyl (C=O) groups excluding carboxylic acids is 1. The number of amides is 1. The number of pyridine rings is 1. The summed E-state index contributed by atoms with van der Waals surface area (Å²) < 4.78 is 5.80. The van der Waals surface area contributed by atoms with Gasteiger partial charge in [-0.2, -0.15) is 0 Å². The lowest BCUT2D eigenvalue weighted by atomic mass is 10.1. The van der Waals surface area contributed by atoms with Gasteiger partial charge < -0.3 is 15.2 Å². The molecule has 0 saturated carbocycles. The Hall–Kier alpha value is -3.96. The number of carbonyl (C=O) groups is 1. The van der Waals surface area contributed by atoms with E-state index in [0.717, 1.165) is 34.0 Å². The number of aliphatic hydroxyl groups is 1. The van der Waals surface area contributed by atoms with Crippen LogP contribution in [0.2, 0.25) is 0 Å². The normalized spacial score (nSPS) is 12.0. The molecular weight excluding hydrogens is 412 g/mol. The Kier molecular flexibility index (Phi) is 7.46. The maximum atomic E-state index is 12.1. The minimum Gasteiger partial charge on any atom is -0.491 e. The van der Waals surface area contributed by atoms with E-state index in [-0.39, 0.29) is 12.5 Å². The van der Waals surface area contributed by atoms with Crippen molar-refractivity contribution < 1.29 is 14.6 Å². The second-order valence-corrected chi connectivity index (χ2v) is 7.82. The number of nitrogens with zero attached hydrogens (tertiary/aromatic N) is 1. The lowest BCUT2D eigenvalue weighted by molar-refractivity contribution is -0.111. The molecular formula is C28H26N2O3. The summed E-state index contributed by atoms with van der Waals surface area (Å²) in [5, 5.41) is 15.1. The number of nitrogens with one attached hydrogen (secondary N) is 1. The third-order valence-corrected chi connectivity index (χ3v) is 5.24. The molecule has 0 aliphatic heterocycles. The first kappa shape index (κ1) is 22.2. The van der Waals surface area contributed by atoms with Gasteiger partial charge in [-0.1, -0.05) is 42.5 Å². The highest BCUT2D eigenvalue weighted by Gasteiger charge is 2.07. The predicted octanol–water partition coefficient (Wildman–Crippen LogP) is 5.26. The number of fused-ring (bicyclic) bond motifs is 1.